The molecule has 0 aromatic heterocycles. The van der Waals surface area contributed by atoms with Crippen molar-refractivity contribution in [3.05, 3.63) is 89.5 Å². The first-order chi connectivity index (χ1) is 37.9. The fourth-order valence-corrected chi connectivity index (χ4v) is 8.70. The number of benzene rings is 3. The molecule has 0 spiro atoms. The number of hydrogen-bond donors (Lipinski definition) is 3. The van der Waals surface area contributed by atoms with Gasteiger partial charge in [0.15, 0.2) is 0 Å². The van der Waals surface area contributed by atoms with Crippen LogP contribution in [0.2, 0.25) is 0 Å². The second-order valence-corrected chi connectivity index (χ2v) is 15.3. The average molecular weight is 854 g/mol. The monoisotopic (exact) mass is 853 g/mol. The maximum absolute atomic E-state index is 11.4. The van der Waals surface area contributed by atoms with Crippen LogP contribution < -0.4 is 14.2 Å². The Morgan fingerprint density at radius 1 is 0.500 bits per heavy atom. The van der Waals surface area contributed by atoms with E-state index in [1.165, 1.54) is 36.4 Å². The Morgan fingerprint density at radius 3 is 1.05 bits per heavy atom. The third-order valence-corrected chi connectivity index (χ3v) is 11.7. The van der Waals surface area contributed by atoms with E-state index in [4.69, 9.17) is 51.2 Å². The van der Waals surface area contributed by atoms with E-state index in [9.17, 15) is 15.3 Å². The summed E-state index contributed by atoms with van der Waals surface area (Å²) in [7, 11) is -7.94. The van der Waals surface area contributed by atoms with Gasteiger partial charge in [0.05, 0.1) is 50.3 Å². The lowest BCUT2D eigenvalue weighted by Gasteiger charge is -2.41. The predicted molar refractivity (Wildman–Crippen MR) is 239 cm³/mol. The molecule has 3 fully saturated rings. The summed E-state index contributed by atoms with van der Waals surface area (Å²) in [6.07, 6.45) is 6.50. The first kappa shape index (κ1) is 22.8. The molecule has 9 nitrogen and oxygen atoms in total. The molecule has 0 heterocycles. The molecule has 10 heteroatoms. The molecule has 326 valence electrons. The number of ether oxygens (including phenoxy) is 3. The SMILES string of the molecule is Cl.[2H]C([2H])([2H])Oc1cccc(C2(O)CCCCC2CN(C([2H])([2H])[2H])C([2H])([2H])[2H])c1.[2H]C([2H])([2H])Oc1cccc([C@@]2(O)CCCC[C@@H]2CN(C([2H])([2H])[2H])C([2H])([2H])[2H])c1.[2H]C([2H])([2H])Oc1cccc([C@@]2(O)CCCC[C@@H]2CN(C([2H])([2H])[2H])C([2H])([2H])[2H])c1. The van der Waals surface area contributed by atoms with Crippen LogP contribution in [0, 0.1) is 17.8 Å². The quantitative estimate of drug-likeness (QED) is 0.166. The fourth-order valence-electron chi connectivity index (χ4n) is 8.70. The van der Waals surface area contributed by atoms with E-state index in [0.717, 1.165) is 19.3 Å². The van der Waals surface area contributed by atoms with E-state index in [-0.39, 0.29) is 49.3 Å². The van der Waals surface area contributed by atoms with Crippen LogP contribution >= 0.6 is 12.4 Å². The molecule has 3 aromatic carbocycles. The van der Waals surface area contributed by atoms with E-state index in [1.807, 2.05) is 0 Å². The Morgan fingerprint density at radius 2 is 0.793 bits per heavy atom. The third-order valence-electron chi connectivity index (χ3n) is 11.7. The molecule has 3 aromatic rings. The molecule has 3 aliphatic carbocycles. The summed E-state index contributed by atoms with van der Waals surface area (Å²) in [6.45, 7) is -18.0. The van der Waals surface area contributed by atoms with Crippen LogP contribution in [-0.4, -0.2) is 113 Å². The van der Waals surface area contributed by atoms with Gasteiger partial charge in [-0.25, -0.2) is 0 Å². The summed E-state index contributed by atoms with van der Waals surface area (Å²) in [5.74, 6) is -1.78. The molecular formula is C48H76ClN3O6. The minimum Gasteiger partial charge on any atom is -0.497 e. The van der Waals surface area contributed by atoms with Crippen molar-refractivity contribution in [1.29, 1.82) is 0 Å². The van der Waals surface area contributed by atoms with Gasteiger partial charge in [0.25, 0.3) is 0 Å². The Kier molecular flexibility index (Phi) is 9.12. The van der Waals surface area contributed by atoms with Crippen LogP contribution in [0.1, 0.15) is 131 Å². The van der Waals surface area contributed by atoms with Gasteiger partial charge < -0.3 is 44.2 Å². The molecule has 0 saturated heterocycles. The standard InChI is InChI=1S/3C16H25NO2.ClH/c3*1-17(2)12-14-7-4-5-10-16(14,18)13-8-6-9-15(11-13)19-3;/h3*6,8-9,11,14,18H,4-5,7,10,12H2,1-3H3;1H/t2*14-,16+;;/m11../s1/i3*1D3,2D3,3D3;. The fraction of sp³-hybridized carbons (Fsp3) is 0.625. The van der Waals surface area contributed by atoms with Gasteiger partial charge in [-0.15, -0.1) is 12.4 Å². The van der Waals surface area contributed by atoms with Crippen molar-refractivity contribution in [2.45, 2.75) is 93.9 Å². The second-order valence-electron chi connectivity index (χ2n) is 15.3. The highest BCUT2D eigenvalue weighted by Crippen LogP contribution is 2.45. The average Bonchev–Trinajstić information content (AvgIpc) is 3.53. The van der Waals surface area contributed by atoms with Crippen LogP contribution in [0.4, 0.5) is 0 Å². The van der Waals surface area contributed by atoms with Crippen molar-refractivity contribution in [2.75, 3.05) is 82.6 Å². The summed E-state index contributed by atoms with van der Waals surface area (Å²) in [5.41, 5.74) is -3.30. The van der Waals surface area contributed by atoms with Gasteiger partial charge in [-0.1, -0.05) is 74.9 Å². The molecule has 2 unspecified atom stereocenters. The van der Waals surface area contributed by atoms with E-state index in [2.05, 4.69) is 0 Å². The van der Waals surface area contributed by atoms with Crippen molar-refractivity contribution >= 4 is 12.4 Å². The van der Waals surface area contributed by atoms with Crippen molar-refractivity contribution in [3.63, 3.8) is 0 Å². The molecule has 0 bridgehead atoms. The van der Waals surface area contributed by atoms with Gasteiger partial charge in [-0.2, -0.15) is 0 Å². The minimum atomic E-state index is -2.84. The van der Waals surface area contributed by atoms with Crippen molar-refractivity contribution < 1.29 is 66.5 Å². The highest BCUT2D eigenvalue weighted by molar-refractivity contribution is 5.85. The zero-order valence-corrected chi connectivity index (χ0v) is 33.4. The van der Waals surface area contributed by atoms with Crippen LogP contribution in [0.3, 0.4) is 0 Å². The normalized spacial score (nSPS) is 35.9. The van der Waals surface area contributed by atoms with Crippen LogP contribution in [0.5, 0.6) is 17.2 Å². The number of hydrogen-bond acceptors (Lipinski definition) is 9. The summed E-state index contributed by atoms with van der Waals surface area (Å²) in [4.78, 5) is 1.39. The highest BCUT2D eigenvalue weighted by atomic mass is 35.5. The molecule has 3 saturated carbocycles. The Hall–Kier alpha value is -2.89. The number of rotatable bonds is 12. The van der Waals surface area contributed by atoms with Crippen LogP contribution in [0.15, 0.2) is 72.8 Å². The Balaban J connectivity index is 0.000000332. The molecule has 3 aliphatic rings. The van der Waals surface area contributed by atoms with E-state index in [1.54, 1.807) is 36.4 Å². The van der Waals surface area contributed by atoms with Gasteiger partial charge in [0.2, 0.25) is 0 Å². The van der Waals surface area contributed by atoms with E-state index >= 15 is 0 Å². The van der Waals surface area contributed by atoms with E-state index < -0.39 is 97.5 Å². The minimum absolute atomic E-state index is 0. The molecule has 0 aliphatic heterocycles. The lowest BCUT2D eigenvalue weighted by molar-refractivity contribution is -0.0621. The number of methoxy groups -OCH3 is 3. The Labute approximate surface area is 395 Å². The summed E-state index contributed by atoms with van der Waals surface area (Å²) < 4.78 is 216. The smallest absolute Gasteiger partial charge is 0.119 e. The first-order valence-corrected chi connectivity index (χ1v) is 19.3. The van der Waals surface area contributed by atoms with Crippen LogP contribution in [-0.2, 0) is 16.8 Å². The highest BCUT2D eigenvalue weighted by Gasteiger charge is 2.42. The van der Waals surface area contributed by atoms with Gasteiger partial charge in [0, 0.05) is 62.1 Å². The van der Waals surface area contributed by atoms with Gasteiger partial charge >= 0.3 is 0 Å². The zero-order chi connectivity index (χ0) is 64.1. The number of aliphatic hydroxyl groups is 3. The molecule has 58 heavy (non-hydrogen) atoms. The topological polar surface area (TPSA) is 98.1 Å². The van der Waals surface area contributed by atoms with Gasteiger partial charge in [-0.3, -0.25) is 0 Å². The number of nitrogens with zero attached hydrogens (tertiary/aromatic N) is 3. The number of halogens is 1. The molecule has 3 N–H and O–H groups in total. The molecule has 0 radical (unpaired) electrons. The molecule has 0 amide bonds. The van der Waals surface area contributed by atoms with Gasteiger partial charge in [-0.05, 0) is 133 Å². The molecule has 6 atom stereocenters. The summed E-state index contributed by atoms with van der Waals surface area (Å²) >= 11 is 0. The second kappa shape index (κ2) is 23.2. The van der Waals surface area contributed by atoms with Crippen molar-refractivity contribution in [3.8, 4) is 17.2 Å². The maximum Gasteiger partial charge on any atom is 0.119 e. The summed E-state index contributed by atoms with van der Waals surface area (Å²) in [5, 5.41) is 34.2. The first-order valence-electron chi connectivity index (χ1n) is 32.8. The van der Waals surface area contributed by atoms with E-state index in [0.29, 0.717) is 89.2 Å². The molecule has 6 rings (SSSR count). The van der Waals surface area contributed by atoms with Crippen LogP contribution in [0.25, 0.3) is 0 Å². The van der Waals surface area contributed by atoms with Crippen molar-refractivity contribution in [2.24, 2.45) is 17.8 Å². The lowest BCUT2D eigenvalue weighted by atomic mass is 9.71. The third kappa shape index (κ3) is 13.1. The predicted octanol–water partition coefficient (Wildman–Crippen LogP) is 8.33. The largest absolute Gasteiger partial charge is 0.497 e. The molecular weight excluding hydrogens is 750 g/mol. The maximum atomic E-state index is 11.4. The van der Waals surface area contributed by atoms with Crippen molar-refractivity contribution in [1.82, 2.24) is 14.7 Å². The lowest BCUT2D eigenvalue weighted by Crippen LogP contribution is -2.43. The summed E-state index contributed by atoms with van der Waals surface area (Å²) in [6, 6.07) is 18.1. The van der Waals surface area contributed by atoms with Gasteiger partial charge in [0.1, 0.15) is 17.2 Å². The zero-order valence-electron chi connectivity index (χ0n) is 59.6. The Bertz CT molecular complexity index is 2250.